The molecule has 12 heavy (non-hydrogen) atoms. The van der Waals surface area contributed by atoms with Crippen LogP contribution >= 0.6 is 11.6 Å². The van der Waals surface area contributed by atoms with E-state index >= 15 is 0 Å². The topological polar surface area (TPSA) is 20.2 Å². The van der Waals surface area contributed by atoms with Crippen LogP contribution in [0.4, 0.5) is 0 Å². The van der Waals surface area contributed by atoms with Crippen molar-refractivity contribution < 1.29 is 5.11 Å². The fourth-order valence-electron chi connectivity index (χ4n) is 0.787. The largest absolute Gasteiger partial charge is 0.395 e. The van der Waals surface area contributed by atoms with E-state index in [0.717, 1.165) is 5.56 Å². The summed E-state index contributed by atoms with van der Waals surface area (Å²) in [6.45, 7) is 0.105. The molecule has 0 bridgehead atoms. The van der Waals surface area contributed by atoms with Gasteiger partial charge in [0.25, 0.3) is 0 Å². The monoisotopic (exact) mass is 180 g/mol. The van der Waals surface area contributed by atoms with Crippen molar-refractivity contribution in [1.29, 1.82) is 0 Å². The molecule has 0 saturated carbocycles. The minimum absolute atomic E-state index is 0.105. The average molecular weight is 181 g/mol. The molecule has 0 amide bonds. The second-order valence-corrected chi connectivity index (χ2v) is 2.72. The number of hydrogen-bond acceptors (Lipinski definition) is 1. The number of halogens is 1. The molecule has 1 aromatic carbocycles. The molecule has 2 heteroatoms. The summed E-state index contributed by atoms with van der Waals surface area (Å²) in [5.74, 6) is 5.71. The molecule has 1 N–H and O–H groups in total. The van der Waals surface area contributed by atoms with E-state index in [-0.39, 0.29) is 6.61 Å². The van der Waals surface area contributed by atoms with E-state index in [2.05, 4.69) is 11.8 Å². The molecule has 1 aromatic rings. The highest BCUT2D eigenvalue weighted by Gasteiger charge is 1.87. The van der Waals surface area contributed by atoms with Gasteiger partial charge in [0.05, 0.1) is 6.61 Å². The zero-order chi connectivity index (χ0) is 8.81. The summed E-state index contributed by atoms with van der Waals surface area (Å²) in [6.07, 6.45) is 0.506. The van der Waals surface area contributed by atoms with Crippen LogP contribution in [-0.4, -0.2) is 11.7 Å². The van der Waals surface area contributed by atoms with E-state index in [1.165, 1.54) is 0 Å². The van der Waals surface area contributed by atoms with Crippen molar-refractivity contribution in [2.45, 2.75) is 6.42 Å². The molecule has 0 aromatic heterocycles. The van der Waals surface area contributed by atoms with Gasteiger partial charge in [-0.3, -0.25) is 0 Å². The summed E-state index contributed by atoms with van der Waals surface area (Å²) in [4.78, 5) is 0. The van der Waals surface area contributed by atoms with Crippen LogP contribution in [0.3, 0.4) is 0 Å². The zero-order valence-corrected chi connectivity index (χ0v) is 7.30. The van der Waals surface area contributed by atoms with E-state index in [1.54, 1.807) is 12.1 Å². The SMILES string of the molecule is OCCC#Cc1cccc(Cl)c1. The fraction of sp³-hybridized carbons (Fsp3) is 0.200. The van der Waals surface area contributed by atoms with Gasteiger partial charge in [-0.25, -0.2) is 0 Å². The Hall–Kier alpha value is -0.970. The van der Waals surface area contributed by atoms with E-state index in [9.17, 15) is 0 Å². The summed E-state index contributed by atoms with van der Waals surface area (Å²) in [6, 6.07) is 7.34. The normalized spacial score (nSPS) is 8.83. The van der Waals surface area contributed by atoms with Crippen molar-refractivity contribution in [2.24, 2.45) is 0 Å². The number of rotatable bonds is 1. The van der Waals surface area contributed by atoms with Gasteiger partial charge in [0.15, 0.2) is 0 Å². The molecule has 0 radical (unpaired) electrons. The quantitative estimate of drug-likeness (QED) is 0.657. The van der Waals surface area contributed by atoms with Crippen molar-refractivity contribution in [2.75, 3.05) is 6.61 Å². The van der Waals surface area contributed by atoms with Crippen LogP contribution in [0.25, 0.3) is 0 Å². The van der Waals surface area contributed by atoms with Gasteiger partial charge in [-0.15, -0.1) is 0 Å². The van der Waals surface area contributed by atoms with Crippen LogP contribution in [-0.2, 0) is 0 Å². The van der Waals surface area contributed by atoms with E-state index < -0.39 is 0 Å². The lowest BCUT2D eigenvalue weighted by Gasteiger charge is -1.89. The van der Waals surface area contributed by atoms with Gasteiger partial charge in [-0.05, 0) is 18.2 Å². The Labute approximate surface area is 77.0 Å². The third kappa shape index (κ3) is 2.96. The molecular formula is C10H9ClO. The number of benzene rings is 1. The highest BCUT2D eigenvalue weighted by molar-refractivity contribution is 6.30. The van der Waals surface area contributed by atoms with Crippen molar-refractivity contribution in [3.05, 3.63) is 34.9 Å². The van der Waals surface area contributed by atoms with Gasteiger partial charge in [-0.2, -0.15) is 0 Å². The highest BCUT2D eigenvalue weighted by atomic mass is 35.5. The lowest BCUT2D eigenvalue weighted by Crippen LogP contribution is -1.77. The molecule has 0 saturated heterocycles. The number of hydrogen-bond donors (Lipinski definition) is 1. The molecule has 0 spiro atoms. The Morgan fingerprint density at radius 1 is 1.42 bits per heavy atom. The molecule has 0 aliphatic heterocycles. The Kier molecular flexibility index (Phi) is 3.66. The molecule has 0 aliphatic rings. The first-order valence-corrected chi connectivity index (χ1v) is 4.06. The van der Waals surface area contributed by atoms with Crippen molar-refractivity contribution >= 4 is 11.6 Å². The van der Waals surface area contributed by atoms with Gasteiger partial charge >= 0.3 is 0 Å². The van der Waals surface area contributed by atoms with Crippen LogP contribution in [0.5, 0.6) is 0 Å². The maximum atomic E-state index is 8.47. The highest BCUT2D eigenvalue weighted by Crippen LogP contribution is 2.09. The lowest BCUT2D eigenvalue weighted by molar-refractivity contribution is 0.305. The van der Waals surface area contributed by atoms with Gasteiger partial charge in [0.1, 0.15) is 0 Å². The van der Waals surface area contributed by atoms with E-state index in [0.29, 0.717) is 11.4 Å². The maximum Gasteiger partial charge on any atom is 0.0540 e. The first-order valence-electron chi connectivity index (χ1n) is 3.68. The van der Waals surface area contributed by atoms with Crippen LogP contribution in [0.2, 0.25) is 5.02 Å². The third-order valence-corrected chi connectivity index (χ3v) is 1.53. The molecule has 0 fully saturated rings. The minimum atomic E-state index is 0.105. The molecule has 0 aliphatic carbocycles. The Morgan fingerprint density at radius 2 is 2.25 bits per heavy atom. The fourth-order valence-corrected chi connectivity index (χ4v) is 0.977. The van der Waals surface area contributed by atoms with Crippen molar-refractivity contribution in [1.82, 2.24) is 0 Å². The Morgan fingerprint density at radius 3 is 2.92 bits per heavy atom. The molecule has 0 atom stereocenters. The van der Waals surface area contributed by atoms with Crippen molar-refractivity contribution in [3.63, 3.8) is 0 Å². The van der Waals surface area contributed by atoms with Gasteiger partial charge in [-0.1, -0.05) is 29.5 Å². The Balaban J connectivity index is 2.71. The second kappa shape index (κ2) is 4.82. The number of aliphatic hydroxyl groups is 1. The van der Waals surface area contributed by atoms with Crippen LogP contribution in [0.15, 0.2) is 24.3 Å². The van der Waals surface area contributed by atoms with Gasteiger partial charge < -0.3 is 5.11 Å². The average Bonchev–Trinajstić information content (AvgIpc) is 2.05. The summed E-state index contributed by atoms with van der Waals surface area (Å²) >= 11 is 5.74. The predicted molar refractivity (Wildman–Crippen MR) is 50.0 cm³/mol. The molecule has 62 valence electrons. The molecule has 1 nitrogen and oxygen atoms in total. The molecule has 1 rings (SSSR count). The predicted octanol–water partition coefficient (Wildman–Crippen LogP) is 2.07. The molecule has 0 heterocycles. The minimum Gasteiger partial charge on any atom is -0.395 e. The van der Waals surface area contributed by atoms with Crippen LogP contribution in [0, 0.1) is 11.8 Å². The zero-order valence-electron chi connectivity index (χ0n) is 6.55. The Bertz CT molecular complexity index is 309. The summed E-state index contributed by atoms with van der Waals surface area (Å²) in [7, 11) is 0. The maximum absolute atomic E-state index is 8.47. The summed E-state index contributed by atoms with van der Waals surface area (Å²) < 4.78 is 0. The van der Waals surface area contributed by atoms with E-state index in [1.807, 2.05) is 12.1 Å². The smallest absolute Gasteiger partial charge is 0.0540 e. The summed E-state index contributed by atoms with van der Waals surface area (Å²) in [5, 5.41) is 9.16. The standard InChI is InChI=1S/C10H9ClO/c11-10-6-3-5-9(8-10)4-1-2-7-12/h3,5-6,8,12H,2,7H2. The lowest BCUT2D eigenvalue weighted by atomic mass is 10.2. The van der Waals surface area contributed by atoms with Crippen LogP contribution < -0.4 is 0 Å². The number of aliphatic hydroxyl groups excluding tert-OH is 1. The molecular weight excluding hydrogens is 172 g/mol. The van der Waals surface area contributed by atoms with E-state index in [4.69, 9.17) is 16.7 Å². The van der Waals surface area contributed by atoms with Crippen molar-refractivity contribution in [3.8, 4) is 11.8 Å². The first kappa shape index (κ1) is 9.12. The second-order valence-electron chi connectivity index (χ2n) is 2.29. The summed E-state index contributed by atoms with van der Waals surface area (Å²) in [5.41, 5.74) is 0.885. The third-order valence-electron chi connectivity index (χ3n) is 1.29. The van der Waals surface area contributed by atoms with Crippen LogP contribution in [0.1, 0.15) is 12.0 Å². The van der Waals surface area contributed by atoms with Gasteiger partial charge in [0.2, 0.25) is 0 Å². The molecule has 0 unspecified atom stereocenters. The van der Waals surface area contributed by atoms with Gasteiger partial charge in [0, 0.05) is 17.0 Å². The first-order chi connectivity index (χ1) is 5.83.